The van der Waals surface area contributed by atoms with E-state index in [-0.39, 0.29) is 12.8 Å². The highest BCUT2D eigenvalue weighted by atomic mass is 16.3. The van der Waals surface area contributed by atoms with E-state index in [0.717, 1.165) is 17.4 Å². The van der Waals surface area contributed by atoms with Gasteiger partial charge in [-0.3, -0.25) is 33.6 Å². The highest BCUT2D eigenvalue weighted by Gasteiger charge is 2.34. The van der Waals surface area contributed by atoms with Gasteiger partial charge < -0.3 is 57.3 Å². The second-order valence-corrected chi connectivity index (χ2v) is 15.7. The van der Waals surface area contributed by atoms with Crippen molar-refractivity contribution in [2.45, 2.75) is 155 Å². The zero-order valence-electron chi connectivity index (χ0n) is 34.7. The van der Waals surface area contributed by atoms with Gasteiger partial charge in [0.15, 0.2) is 0 Å². The largest absolute Gasteiger partial charge is 0.391 e. The van der Waals surface area contributed by atoms with Crippen molar-refractivity contribution in [3.63, 3.8) is 0 Å². The Morgan fingerprint density at radius 1 is 0.582 bits per heavy atom. The van der Waals surface area contributed by atoms with E-state index < -0.39 is 102 Å². The second kappa shape index (κ2) is 25.1. The van der Waals surface area contributed by atoms with E-state index in [1.807, 2.05) is 6.92 Å². The number of rotatable bonds is 26. The maximum atomic E-state index is 13.5. The van der Waals surface area contributed by atoms with E-state index in [2.05, 4.69) is 58.4 Å². The first-order valence-corrected chi connectivity index (χ1v) is 19.3. The Kier molecular flexibility index (Phi) is 23.2. The number of quaternary nitrogens is 1. The van der Waals surface area contributed by atoms with Crippen LogP contribution < -0.4 is 43.0 Å². The van der Waals surface area contributed by atoms with Crippen LogP contribution in [0.25, 0.3) is 0 Å². The lowest BCUT2D eigenvalue weighted by atomic mass is 10.0. The zero-order valence-corrected chi connectivity index (χ0v) is 34.7. The van der Waals surface area contributed by atoms with Crippen LogP contribution in [0.3, 0.4) is 0 Å². The summed E-state index contributed by atoms with van der Waals surface area (Å²) >= 11 is 0. The standard InChI is InChI=1S/C37H69N9O9/c1-12-16-26(34(52)42-28(33(51)39-22(5)20-47)18-14-15-19-46(9,10)11)41-32(50)24(7)40-36(54)29(21(3)4)44-35(53)27(17-13-2)43-37(55)30(25(8)48)45-31(49)23(6)38/h20-30,48H,12-19,38H2,1-11H3,(H6-,39,40,41,42,43,44,45,49,50,51,52,53,54,55)/p+1/t22-,23-,24-,25+,26-,27-,28-,29-,30-/m0/s1. The number of carbonyl (C=O) groups is 8. The number of hydrogen-bond donors (Lipinski definition) is 9. The Hall–Kier alpha value is -4.16. The Labute approximate surface area is 326 Å². The molecule has 0 aliphatic carbocycles. The molecule has 0 fully saturated rings. The smallest absolute Gasteiger partial charge is 0.245 e. The molecule has 55 heavy (non-hydrogen) atoms. The molecular formula is C37H70N9O9+. The number of nitrogens with two attached hydrogens (primary N) is 1. The van der Waals surface area contributed by atoms with E-state index in [1.54, 1.807) is 20.8 Å². The molecule has 0 bridgehead atoms. The molecule has 0 saturated heterocycles. The van der Waals surface area contributed by atoms with Gasteiger partial charge >= 0.3 is 0 Å². The van der Waals surface area contributed by atoms with Gasteiger partial charge in [-0.25, -0.2) is 0 Å². The van der Waals surface area contributed by atoms with Crippen LogP contribution in [0.5, 0.6) is 0 Å². The van der Waals surface area contributed by atoms with Gasteiger partial charge in [0.1, 0.15) is 42.5 Å². The molecule has 0 aromatic heterocycles. The number of nitrogens with one attached hydrogen (secondary N) is 7. The Bertz CT molecular complexity index is 1290. The van der Waals surface area contributed by atoms with Gasteiger partial charge in [0.05, 0.1) is 45.9 Å². The minimum absolute atomic E-state index is 0.173. The van der Waals surface area contributed by atoms with Crippen LogP contribution in [0, 0.1) is 5.92 Å². The first kappa shape index (κ1) is 50.8. The Morgan fingerprint density at radius 3 is 1.47 bits per heavy atom. The number of hydrogen-bond acceptors (Lipinski definition) is 10. The number of nitrogens with zero attached hydrogens (tertiary/aromatic N) is 1. The van der Waals surface area contributed by atoms with E-state index in [1.165, 1.54) is 27.7 Å². The summed E-state index contributed by atoms with van der Waals surface area (Å²) in [5.41, 5.74) is 5.58. The minimum atomic E-state index is -1.39. The lowest BCUT2D eigenvalue weighted by Crippen LogP contribution is -2.61. The molecule has 0 aliphatic rings. The molecule has 0 heterocycles. The quantitative estimate of drug-likeness (QED) is 0.0278. The molecule has 0 radical (unpaired) electrons. The molecule has 0 aliphatic heterocycles. The van der Waals surface area contributed by atoms with Crippen LogP contribution in [0.15, 0.2) is 0 Å². The van der Waals surface area contributed by atoms with Gasteiger partial charge in [0, 0.05) is 0 Å². The van der Waals surface area contributed by atoms with Crippen molar-refractivity contribution in [3.05, 3.63) is 0 Å². The van der Waals surface area contributed by atoms with Crippen LogP contribution in [-0.2, 0) is 38.4 Å². The highest BCUT2D eigenvalue weighted by Crippen LogP contribution is 2.09. The van der Waals surface area contributed by atoms with Gasteiger partial charge in [-0.05, 0) is 65.7 Å². The fourth-order valence-corrected chi connectivity index (χ4v) is 5.36. The maximum Gasteiger partial charge on any atom is 0.245 e. The SMILES string of the molecule is CCC[C@H](NC(=O)[C@H](C)NC(=O)[C@@H](NC(=O)[C@H](CCC)NC(=O)[C@@H](NC(=O)[C@H](C)N)[C@@H](C)O)C(C)C)C(=O)N[C@@H](CCCC[N+](C)(C)C)C(=O)N[C@@H](C)C=O. The molecule has 0 unspecified atom stereocenters. The van der Waals surface area contributed by atoms with Crippen molar-refractivity contribution in [2.24, 2.45) is 11.7 Å². The second-order valence-electron chi connectivity index (χ2n) is 15.7. The molecule has 0 aromatic rings. The lowest BCUT2D eigenvalue weighted by Gasteiger charge is -2.28. The number of aliphatic hydroxyl groups excluding tert-OH is 1. The molecule has 7 amide bonds. The predicted octanol–water partition coefficient (Wildman–Crippen LogP) is -1.52. The normalized spacial score (nSPS) is 16.4. The van der Waals surface area contributed by atoms with E-state index in [4.69, 9.17) is 5.73 Å². The third kappa shape index (κ3) is 19.8. The van der Waals surface area contributed by atoms with Gasteiger partial charge in [-0.15, -0.1) is 0 Å². The third-order valence-electron chi connectivity index (χ3n) is 8.67. The van der Waals surface area contributed by atoms with Gasteiger partial charge in [0.2, 0.25) is 41.4 Å². The van der Waals surface area contributed by atoms with Gasteiger partial charge in [-0.1, -0.05) is 40.5 Å². The Morgan fingerprint density at radius 2 is 1.02 bits per heavy atom. The summed E-state index contributed by atoms with van der Waals surface area (Å²) in [6, 6.07) is -8.49. The fraction of sp³-hybridized carbons (Fsp3) is 0.784. The first-order chi connectivity index (χ1) is 25.5. The van der Waals surface area contributed by atoms with E-state index in [9.17, 15) is 43.5 Å². The maximum absolute atomic E-state index is 13.5. The van der Waals surface area contributed by atoms with Crippen LogP contribution in [-0.4, -0.2) is 139 Å². The first-order valence-electron chi connectivity index (χ1n) is 19.3. The fourth-order valence-electron chi connectivity index (χ4n) is 5.36. The van der Waals surface area contributed by atoms with E-state index >= 15 is 0 Å². The number of carbonyl (C=O) groups excluding carboxylic acids is 8. The molecule has 18 nitrogen and oxygen atoms in total. The predicted molar refractivity (Wildman–Crippen MR) is 208 cm³/mol. The van der Waals surface area contributed by atoms with Gasteiger partial charge in [-0.2, -0.15) is 0 Å². The van der Waals surface area contributed by atoms with Crippen LogP contribution in [0.4, 0.5) is 0 Å². The Balaban J connectivity index is 5.79. The summed E-state index contributed by atoms with van der Waals surface area (Å²) in [7, 11) is 6.15. The van der Waals surface area contributed by atoms with Crippen molar-refractivity contribution < 1.29 is 47.9 Å². The molecule has 0 aromatic carbocycles. The third-order valence-corrected chi connectivity index (χ3v) is 8.67. The molecule has 18 heteroatoms. The lowest BCUT2D eigenvalue weighted by molar-refractivity contribution is -0.870. The van der Waals surface area contributed by atoms with Crippen molar-refractivity contribution >= 4 is 47.6 Å². The van der Waals surface area contributed by atoms with Gasteiger partial charge in [0.25, 0.3) is 0 Å². The summed E-state index contributed by atoms with van der Waals surface area (Å²) in [5.74, 6) is -5.12. The molecule has 0 saturated carbocycles. The number of amides is 7. The number of aliphatic hydroxyl groups is 1. The van der Waals surface area contributed by atoms with Crippen molar-refractivity contribution in [1.82, 2.24) is 37.2 Å². The number of unbranched alkanes of at least 4 members (excludes halogenated alkanes) is 1. The van der Waals surface area contributed by atoms with Crippen molar-refractivity contribution in [3.8, 4) is 0 Å². The summed E-state index contributed by atoms with van der Waals surface area (Å²) in [6.45, 7) is 13.5. The average molecular weight is 785 g/mol. The van der Waals surface area contributed by atoms with Crippen LogP contribution in [0.2, 0.25) is 0 Å². The average Bonchev–Trinajstić information content (AvgIpc) is 3.08. The minimum Gasteiger partial charge on any atom is -0.391 e. The van der Waals surface area contributed by atoms with Crippen molar-refractivity contribution in [1.29, 1.82) is 0 Å². The monoisotopic (exact) mass is 785 g/mol. The molecule has 9 atom stereocenters. The van der Waals surface area contributed by atoms with Crippen molar-refractivity contribution in [2.75, 3.05) is 27.7 Å². The van der Waals surface area contributed by atoms with Crippen LogP contribution >= 0.6 is 0 Å². The zero-order chi connectivity index (χ0) is 42.6. The number of aldehydes is 1. The summed E-state index contributed by atoms with van der Waals surface area (Å²) in [4.78, 5) is 103. The topological polar surface area (TPSA) is 267 Å². The summed E-state index contributed by atoms with van der Waals surface area (Å²) in [6.07, 6.45) is 2.40. The summed E-state index contributed by atoms with van der Waals surface area (Å²) in [5, 5.41) is 28.3. The molecule has 0 spiro atoms. The van der Waals surface area contributed by atoms with E-state index in [0.29, 0.717) is 32.0 Å². The van der Waals surface area contributed by atoms with Crippen LogP contribution in [0.1, 0.15) is 100 Å². The summed E-state index contributed by atoms with van der Waals surface area (Å²) < 4.78 is 0.731. The molecule has 10 N–H and O–H groups in total. The molecule has 316 valence electrons. The highest BCUT2D eigenvalue weighted by molar-refractivity contribution is 5.97. The molecular weight excluding hydrogens is 714 g/mol. The molecule has 0 rings (SSSR count).